The average Bonchev–Trinajstić information content (AvgIpc) is 3.11. The number of benzene rings is 1. The Morgan fingerprint density at radius 2 is 2.05 bits per heavy atom. The number of amidine groups is 1. The van der Waals surface area contributed by atoms with Gasteiger partial charge in [-0.05, 0) is 50.2 Å². The Hall–Kier alpha value is -1.97. The Morgan fingerprint density at radius 3 is 2.77 bits per heavy atom. The molecular formula is C18H21N3O. The topological polar surface area (TPSA) is 40.8 Å². The van der Waals surface area contributed by atoms with Gasteiger partial charge in [-0.2, -0.15) is 5.10 Å². The van der Waals surface area contributed by atoms with Crippen molar-refractivity contribution in [3.63, 3.8) is 0 Å². The van der Waals surface area contributed by atoms with Crippen LogP contribution in [0.2, 0.25) is 0 Å². The first-order valence-corrected chi connectivity index (χ1v) is 8.34. The molecule has 1 aliphatic heterocycles. The van der Waals surface area contributed by atoms with Gasteiger partial charge in [-0.3, -0.25) is 5.43 Å². The maximum Gasteiger partial charge on any atom is 0.193 e. The summed E-state index contributed by atoms with van der Waals surface area (Å²) in [5, 5.41) is 5.82. The molecule has 2 aromatic rings. The van der Waals surface area contributed by atoms with E-state index in [1.165, 1.54) is 32.1 Å². The zero-order chi connectivity index (χ0) is 14.7. The van der Waals surface area contributed by atoms with Crippen molar-refractivity contribution in [2.45, 2.75) is 37.8 Å². The highest BCUT2D eigenvalue weighted by molar-refractivity contribution is 6.00. The molecule has 22 heavy (non-hydrogen) atoms. The predicted octanol–water partition coefficient (Wildman–Crippen LogP) is 3.54. The van der Waals surface area contributed by atoms with E-state index in [9.17, 15) is 0 Å². The van der Waals surface area contributed by atoms with Crippen molar-refractivity contribution in [1.29, 1.82) is 0 Å². The maximum absolute atomic E-state index is 6.02. The van der Waals surface area contributed by atoms with Gasteiger partial charge in [0.05, 0.1) is 0 Å². The molecule has 4 heteroatoms. The molecule has 3 aliphatic carbocycles. The summed E-state index contributed by atoms with van der Waals surface area (Å²) in [5.41, 5.74) is 4.45. The van der Waals surface area contributed by atoms with Gasteiger partial charge < -0.3 is 9.32 Å². The standard InChI is InChI=1S/C18H21N3O/c1-21-17(16-10-13-4-2-3-5-15(13)22-16)19-20-18(21)11-12-6-8-14(18)9-7-12/h2-5,10,12,14,20H,6-9,11H2,1H3/t12?,14?,18-/m0/s1. The summed E-state index contributed by atoms with van der Waals surface area (Å²) >= 11 is 0. The van der Waals surface area contributed by atoms with E-state index in [2.05, 4.69) is 34.6 Å². The highest BCUT2D eigenvalue weighted by Gasteiger charge is 2.53. The lowest BCUT2D eigenvalue weighted by atomic mass is 9.64. The van der Waals surface area contributed by atoms with E-state index in [4.69, 9.17) is 4.42 Å². The van der Waals surface area contributed by atoms with Gasteiger partial charge in [-0.15, -0.1) is 0 Å². The second-order valence-electron chi connectivity index (χ2n) is 7.10. The Balaban J connectivity index is 1.52. The molecule has 0 radical (unpaired) electrons. The van der Waals surface area contributed by atoms with E-state index < -0.39 is 0 Å². The van der Waals surface area contributed by atoms with Crippen LogP contribution in [0, 0.1) is 11.8 Å². The minimum Gasteiger partial charge on any atom is -0.453 e. The van der Waals surface area contributed by atoms with Gasteiger partial charge in [0.25, 0.3) is 0 Å². The zero-order valence-corrected chi connectivity index (χ0v) is 12.9. The molecule has 1 aromatic heterocycles. The number of rotatable bonds is 1. The van der Waals surface area contributed by atoms with Crippen LogP contribution in [0.3, 0.4) is 0 Å². The van der Waals surface area contributed by atoms with E-state index >= 15 is 0 Å². The molecule has 4 nitrogen and oxygen atoms in total. The normalized spacial score (nSPS) is 33.5. The van der Waals surface area contributed by atoms with Crippen LogP contribution in [0.5, 0.6) is 0 Å². The fraction of sp³-hybridized carbons (Fsp3) is 0.500. The first-order chi connectivity index (χ1) is 10.8. The van der Waals surface area contributed by atoms with Crippen molar-refractivity contribution in [2.75, 3.05) is 7.05 Å². The summed E-state index contributed by atoms with van der Waals surface area (Å²) in [6.45, 7) is 0. The molecule has 2 bridgehead atoms. The molecule has 1 N–H and O–H groups in total. The lowest BCUT2D eigenvalue weighted by Gasteiger charge is -2.52. The molecule has 114 valence electrons. The van der Waals surface area contributed by atoms with Gasteiger partial charge in [0, 0.05) is 18.4 Å². The first-order valence-electron chi connectivity index (χ1n) is 8.34. The summed E-state index contributed by atoms with van der Waals surface area (Å²) in [5.74, 6) is 3.37. The molecule has 1 aromatic carbocycles. The summed E-state index contributed by atoms with van der Waals surface area (Å²) < 4.78 is 6.02. The van der Waals surface area contributed by atoms with Crippen molar-refractivity contribution in [3.8, 4) is 0 Å². The third-order valence-electron chi connectivity index (χ3n) is 6.04. The highest BCUT2D eigenvalue weighted by Crippen LogP contribution is 2.50. The van der Waals surface area contributed by atoms with Crippen LogP contribution in [0.1, 0.15) is 37.9 Å². The number of nitrogens with one attached hydrogen (secondary N) is 1. The van der Waals surface area contributed by atoms with Crippen molar-refractivity contribution in [3.05, 3.63) is 36.1 Å². The Labute approximate surface area is 130 Å². The third-order valence-corrected chi connectivity index (χ3v) is 6.04. The molecular weight excluding hydrogens is 274 g/mol. The highest BCUT2D eigenvalue weighted by atomic mass is 16.3. The van der Waals surface area contributed by atoms with Crippen LogP contribution < -0.4 is 5.43 Å². The molecule has 0 unspecified atom stereocenters. The van der Waals surface area contributed by atoms with E-state index in [1.54, 1.807) is 0 Å². The number of fused-ring (bicyclic) bond motifs is 3. The van der Waals surface area contributed by atoms with E-state index in [0.717, 1.165) is 28.5 Å². The van der Waals surface area contributed by atoms with E-state index in [1.807, 2.05) is 18.2 Å². The Morgan fingerprint density at radius 1 is 1.23 bits per heavy atom. The minimum atomic E-state index is 0.0233. The van der Waals surface area contributed by atoms with Gasteiger partial charge in [0.15, 0.2) is 11.6 Å². The second kappa shape index (κ2) is 4.28. The average molecular weight is 295 g/mol. The number of para-hydroxylation sites is 1. The van der Waals surface area contributed by atoms with E-state index in [-0.39, 0.29) is 5.66 Å². The molecule has 1 atom stereocenters. The number of furan rings is 1. The SMILES string of the molecule is CN1C(c2cc3ccccc3o2)=NN[C@@]12CC1CCC2CC1. The molecule has 0 amide bonds. The number of nitrogens with zero attached hydrogens (tertiary/aromatic N) is 2. The molecule has 3 saturated carbocycles. The van der Waals surface area contributed by atoms with Crippen LogP contribution in [-0.2, 0) is 0 Å². The molecule has 4 aliphatic rings. The number of hydrazone groups is 1. The van der Waals surface area contributed by atoms with Crippen LogP contribution in [-0.4, -0.2) is 23.4 Å². The van der Waals surface area contributed by atoms with Gasteiger partial charge in [-0.25, -0.2) is 0 Å². The summed E-state index contributed by atoms with van der Waals surface area (Å²) in [6.07, 6.45) is 6.64. The van der Waals surface area contributed by atoms with Crippen LogP contribution in [0.15, 0.2) is 39.9 Å². The fourth-order valence-corrected chi connectivity index (χ4v) is 4.80. The predicted molar refractivity (Wildman–Crippen MR) is 86.4 cm³/mol. The largest absolute Gasteiger partial charge is 0.453 e. The molecule has 3 fully saturated rings. The first kappa shape index (κ1) is 12.6. The molecule has 6 rings (SSSR count). The Kier molecular flexibility index (Phi) is 2.44. The molecule has 1 spiro atoms. The lowest BCUT2D eigenvalue weighted by molar-refractivity contribution is -0.0199. The maximum atomic E-state index is 6.02. The summed E-state index contributed by atoms with van der Waals surface area (Å²) in [7, 11) is 2.17. The zero-order valence-electron chi connectivity index (χ0n) is 12.9. The molecule has 0 saturated heterocycles. The molecule has 2 heterocycles. The third kappa shape index (κ3) is 1.55. The Bertz CT molecular complexity index is 724. The monoisotopic (exact) mass is 295 g/mol. The van der Waals surface area contributed by atoms with Crippen molar-refractivity contribution < 1.29 is 4.42 Å². The van der Waals surface area contributed by atoms with E-state index in [0.29, 0.717) is 5.92 Å². The minimum absolute atomic E-state index is 0.0233. The number of hydrogen-bond acceptors (Lipinski definition) is 4. The van der Waals surface area contributed by atoms with Gasteiger partial charge in [0.1, 0.15) is 11.2 Å². The van der Waals surface area contributed by atoms with Gasteiger partial charge in [-0.1, -0.05) is 18.2 Å². The lowest BCUT2D eigenvalue weighted by Crippen LogP contribution is -2.62. The van der Waals surface area contributed by atoms with Gasteiger partial charge >= 0.3 is 0 Å². The summed E-state index contributed by atoms with van der Waals surface area (Å²) in [4.78, 5) is 2.35. The van der Waals surface area contributed by atoms with Crippen LogP contribution >= 0.6 is 0 Å². The van der Waals surface area contributed by atoms with Gasteiger partial charge in [0.2, 0.25) is 0 Å². The van der Waals surface area contributed by atoms with Crippen molar-refractivity contribution in [2.24, 2.45) is 16.9 Å². The van der Waals surface area contributed by atoms with Crippen molar-refractivity contribution >= 4 is 16.8 Å². The quantitative estimate of drug-likeness (QED) is 0.875. The van der Waals surface area contributed by atoms with Crippen LogP contribution in [0.4, 0.5) is 0 Å². The van der Waals surface area contributed by atoms with Crippen molar-refractivity contribution in [1.82, 2.24) is 10.3 Å². The second-order valence-corrected chi connectivity index (χ2v) is 7.10. The smallest absolute Gasteiger partial charge is 0.193 e. The number of hydrogen-bond donors (Lipinski definition) is 1. The summed E-state index contributed by atoms with van der Waals surface area (Å²) in [6, 6.07) is 10.3. The van der Waals surface area contributed by atoms with Crippen LogP contribution in [0.25, 0.3) is 11.0 Å². The fourth-order valence-electron chi connectivity index (χ4n) is 4.80.